The first-order valence-corrected chi connectivity index (χ1v) is 5.99. The lowest BCUT2D eigenvalue weighted by Gasteiger charge is -2.07. The zero-order chi connectivity index (χ0) is 12.1. The number of aromatic amines is 1. The average Bonchev–Trinajstić information content (AvgIpc) is 2.90. The number of nitrogens with zero attached hydrogens (tertiary/aromatic N) is 3. The number of nitrogens with one attached hydrogen (secondary N) is 2. The lowest BCUT2D eigenvalue weighted by Crippen LogP contribution is -2.15. The molecule has 0 atom stereocenters. The van der Waals surface area contributed by atoms with E-state index in [1.165, 1.54) is 11.3 Å². The number of imidazole rings is 1. The Morgan fingerprint density at radius 2 is 2.24 bits per heavy atom. The SMILES string of the molecule is CCCn1cncc1CNCc1cn[nH]c1C. The highest BCUT2D eigenvalue weighted by Crippen LogP contribution is 2.04. The number of hydrogen-bond donors (Lipinski definition) is 2. The van der Waals surface area contributed by atoms with Crippen molar-refractivity contribution in [3.05, 3.63) is 35.7 Å². The van der Waals surface area contributed by atoms with Crippen molar-refractivity contribution in [2.75, 3.05) is 0 Å². The molecule has 2 rings (SSSR count). The van der Waals surface area contributed by atoms with Gasteiger partial charge in [0, 0.05) is 37.1 Å². The van der Waals surface area contributed by atoms with Crippen LogP contribution in [-0.2, 0) is 19.6 Å². The molecule has 0 unspecified atom stereocenters. The van der Waals surface area contributed by atoms with Crippen LogP contribution in [0.3, 0.4) is 0 Å². The van der Waals surface area contributed by atoms with Gasteiger partial charge in [0.25, 0.3) is 0 Å². The molecule has 92 valence electrons. The minimum Gasteiger partial charge on any atom is -0.333 e. The topological polar surface area (TPSA) is 58.5 Å². The van der Waals surface area contributed by atoms with Crippen molar-refractivity contribution in [1.82, 2.24) is 25.1 Å². The molecule has 0 aromatic carbocycles. The summed E-state index contributed by atoms with van der Waals surface area (Å²) in [5.74, 6) is 0. The van der Waals surface area contributed by atoms with E-state index in [0.29, 0.717) is 0 Å². The van der Waals surface area contributed by atoms with Gasteiger partial charge in [-0.15, -0.1) is 0 Å². The fraction of sp³-hybridized carbons (Fsp3) is 0.500. The molecule has 0 fully saturated rings. The Kier molecular flexibility index (Phi) is 3.93. The van der Waals surface area contributed by atoms with Crippen LogP contribution in [0, 0.1) is 6.92 Å². The molecular weight excluding hydrogens is 214 g/mol. The highest BCUT2D eigenvalue weighted by atomic mass is 15.1. The molecule has 2 aromatic rings. The van der Waals surface area contributed by atoms with Crippen LogP contribution >= 0.6 is 0 Å². The first-order valence-electron chi connectivity index (χ1n) is 5.99. The summed E-state index contributed by atoms with van der Waals surface area (Å²) < 4.78 is 2.19. The fourth-order valence-electron chi connectivity index (χ4n) is 1.82. The average molecular weight is 233 g/mol. The summed E-state index contributed by atoms with van der Waals surface area (Å²) in [7, 11) is 0. The zero-order valence-electron chi connectivity index (χ0n) is 10.4. The summed E-state index contributed by atoms with van der Waals surface area (Å²) in [4.78, 5) is 4.18. The molecule has 0 saturated heterocycles. The van der Waals surface area contributed by atoms with Crippen molar-refractivity contribution >= 4 is 0 Å². The van der Waals surface area contributed by atoms with Crippen LogP contribution in [0.4, 0.5) is 0 Å². The van der Waals surface area contributed by atoms with Crippen LogP contribution < -0.4 is 5.32 Å². The molecule has 0 saturated carbocycles. The number of H-pyrrole nitrogens is 1. The van der Waals surface area contributed by atoms with Crippen molar-refractivity contribution in [3.63, 3.8) is 0 Å². The zero-order valence-corrected chi connectivity index (χ0v) is 10.4. The third-order valence-corrected chi connectivity index (χ3v) is 2.82. The first-order chi connectivity index (χ1) is 8.31. The molecule has 5 heteroatoms. The number of rotatable bonds is 6. The third kappa shape index (κ3) is 2.94. The molecule has 0 aliphatic rings. The minimum absolute atomic E-state index is 0.833. The van der Waals surface area contributed by atoms with Gasteiger partial charge in [0.15, 0.2) is 0 Å². The summed E-state index contributed by atoms with van der Waals surface area (Å²) in [5, 5.41) is 10.3. The van der Waals surface area contributed by atoms with Gasteiger partial charge < -0.3 is 9.88 Å². The summed E-state index contributed by atoms with van der Waals surface area (Å²) in [5.41, 5.74) is 3.57. The Balaban J connectivity index is 1.86. The van der Waals surface area contributed by atoms with E-state index in [1.807, 2.05) is 25.6 Å². The van der Waals surface area contributed by atoms with Crippen LogP contribution in [0.2, 0.25) is 0 Å². The summed E-state index contributed by atoms with van der Waals surface area (Å²) in [6, 6.07) is 0. The van der Waals surface area contributed by atoms with E-state index >= 15 is 0 Å². The number of aryl methyl sites for hydroxylation is 2. The van der Waals surface area contributed by atoms with Crippen LogP contribution in [0.5, 0.6) is 0 Å². The second kappa shape index (κ2) is 5.63. The normalized spacial score (nSPS) is 10.9. The van der Waals surface area contributed by atoms with Crippen molar-refractivity contribution in [2.24, 2.45) is 0 Å². The number of hydrogen-bond acceptors (Lipinski definition) is 3. The molecule has 5 nitrogen and oxygen atoms in total. The van der Waals surface area contributed by atoms with Gasteiger partial charge in [-0.25, -0.2) is 4.98 Å². The van der Waals surface area contributed by atoms with E-state index in [4.69, 9.17) is 0 Å². The molecule has 17 heavy (non-hydrogen) atoms. The van der Waals surface area contributed by atoms with Gasteiger partial charge in [-0.3, -0.25) is 5.10 Å². The Morgan fingerprint density at radius 3 is 2.94 bits per heavy atom. The van der Waals surface area contributed by atoms with Crippen molar-refractivity contribution < 1.29 is 0 Å². The summed E-state index contributed by atoms with van der Waals surface area (Å²) in [6.45, 7) is 6.91. The van der Waals surface area contributed by atoms with Crippen LogP contribution in [-0.4, -0.2) is 19.7 Å². The van der Waals surface area contributed by atoms with Crippen LogP contribution in [0.25, 0.3) is 0 Å². The van der Waals surface area contributed by atoms with Crippen molar-refractivity contribution in [1.29, 1.82) is 0 Å². The molecule has 0 amide bonds. The van der Waals surface area contributed by atoms with Gasteiger partial charge in [-0.1, -0.05) is 6.92 Å². The Bertz CT molecular complexity index is 457. The van der Waals surface area contributed by atoms with Crippen LogP contribution in [0.15, 0.2) is 18.7 Å². The maximum absolute atomic E-state index is 4.18. The van der Waals surface area contributed by atoms with E-state index in [9.17, 15) is 0 Å². The van der Waals surface area contributed by atoms with Gasteiger partial charge in [-0.2, -0.15) is 5.10 Å². The summed E-state index contributed by atoms with van der Waals surface area (Å²) in [6.07, 6.45) is 6.81. The summed E-state index contributed by atoms with van der Waals surface area (Å²) >= 11 is 0. The molecule has 0 bridgehead atoms. The molecule has 2 N–H and O–H groups in total. The Labute approximate surface area is 101 Å². The van der Waals surface area contributed by atoms with Crippen molar-refractivity contribution in [2.45, 2.75) is 39.9 Å². The lowest BCUT2D eigenvalue weighted by atomic mass is 10.2. The largest absolute Gasteiger partial charge is 0.333 e. The second-order valence-electron chi connectivity index (χ2n) is 4.20. The molecule has 0 radical (unpaired) electrons. The van der Waals surface area contributed by atoms with Gasteiger partial charge >= 0.3 is 0 Å². The maximum Gasteiger partial charge on any atom is 0.0948 e. The smallest absolute Gasteiger partial charge is 0.0948 e. The van der Waals surface area contributed by atoms with E-state index in [2.05, 4.69) is 32.0 Å². The van der Waals surface area contributed by atoms with Gasteiger partial charge in [-0.05, 0) is 13.3 Å². The van der Waals surface area contributed by atoms with E-state index in [1.54, 1.807) is 0 Å². The monoisotopic (exact) mass is 233 g/mol. The van der Waals surface area contributed by atoms with Crippen molar-refractivity contribution in [3.8, 4) is 0 Å². The minimum atomic E-state index is 0.833. The van der Waals surface area contributed by atoms with Crippen LogP contribution in [0.1, 0.15) is 30.3 Å². The standard InChI is InChI=1S/C12H19N5/c1-3-4-17-9-14-8-12(17)7-13-5-11-6-15-16-10(11)2/h6,8-9,13H,3-5,7H2,1-2H3,(H,15,16). The fourth-order valence-corrected chi connectivity index (χ4v) is 1.82. The predicted molar refractivity (Wildman–Crippen MR) is 66.4 cm³/mol. The molecular formula is C12H19N5. The molecule has 0 spiro atoms. The Hall–Kier alpha value is -1.62. The van der Waals surface area contributed by atoms with Gasteiger partial charge in [0.2, 0.25) is 0 Å². The van der Waals surface area contributed by atoms with Gasteiger partial charge in [0.1, 0.15) is 0 Å². The second-order valence-corrected chi connectivity index (χ2v) is 4.20. The quantitative estimate of drug-likeness (QED) is 0.797. The number of aromatic nitrogens is 4. The molecule has 2 heterocycles. The molecule has 2 aromatic heterocycles. The van der Waals surface area contributed by atoms with Gasteiger partial charge in [0.05, 0.1) is 18.2 Å². The maximum atomic E-state index is 4.18. The highest BCUT2D eigenvalue weighted by Gasteiger charge is 2.02. The molecule has 0 aliphatic heterocycles. The van der Waals surface area contributed by atoms with E-state index in [0.717, 1.165) is 31.7 Å². The first kappa shape index (κ1) is 11.9. The van der Waals surface area contributed by atoms with E-state index < -0.39 is 0 Å². The highest BCUT2D eigenvalue weighted by molar-refractivity contribution is 5.14. The lowest BCUT2D eigenvalue weighted by molar-refractivity contribution is 0.600. The van der Waals surface area contributed by atoms with E-state index in [-0.39, 0.29) is 0 Å². The third-order valence-electron chi connectivity index (χ3n) is 2.82. The Morgan fingerprint density at radius 1 is 1.35 bits per heavy atom. The predicted octanol–water partition coefficient (Wildman–Crippen LogP) is 1.61. The molecule has 0 aliphatic carbocycles.